The van der Waals surface area contributed by atoms with Crippen molar-refractivity contribution in [1.29, 1.82) is 0 Å². The summed E-state index contributed by atoms with van der Waals surface area (Å²) in [5.41, 5.74) is 0.465. The molecule has 7 heteroatoms. The van der Waals surface area contributed by atoms with Crippen LogP contribution in [0.15, 0.2) is 10.3 Å². The normalized spacial score (nSPS) is 14.2. The van der Waals surface area contributed by atoms with E-state index in [4.69, 9.17) is 5.11 Å². The van der Waals surface area contributed by atoms with E-state index in [9.17, 15) is 13.2 Å². The van der Waals surface area contributed by atoms with Gasteiger partial charge in [0.1, 0.15) is 9.09 Å². The van der Waals surface area contributed by atoms with Crippen molar-refractivity contribution in [2.24, 2.45) is 11.3 Å². The van der Waals surface area contributed by atoms with Crippen LogP contribution in [0.5, 0.6) is 0 Å². The van der Waals surface area contributed by atoms with Gasteiger partial charge in [0.2, 0.25) is 10.0 Å². The summed E-state index contributed by atoms with van der Waals surface area (Å²) in [6.45, 7) is 10.0. The van der Waals surface area contributed by atoms with Gasteiger partial charge in [-0.25, -0.2) is 17.9 Å². The van der Waals surface area contributed by atoms with E-state index in [-0.39, 0.29) is 20.4 Å². The first-order valence-electron chi connectivity index (χ1n) is 6.28. The third-order valence-electron chi connectivity index (χ3n) is 3.41. The molecular weight excluding hydrogens is 298 g/mol. The average molecular weight is 319 g/mol. The first kappa shape index (κ1) is 17.1. The zero-order valence-corrected chi connectivity index (χ0v) is 14.0. The van der Waals surface area contributed by atoms with E-state index in [1.54, 1.807) is 6.92 Å². The van der Waals surface area contributed by atoms with E-state index >= 15 is 0 Å². The number of carbonyl (C=O) groups is 1. The lowest BCUT2D eigenvalue weighted by molar-refractivity contribution is 0.0701. The smallest absolute Gasteiger partial charge is 0.346 e. The summed E-state index contributed by atoms with van der Waals surface area (Å²) >= 11 is 0.784. The Morgan fingerprint density at radius 3 is 2.40 bits per heavy atom. The van der Waals surface area contributed by atoms with Crippen LogP contribution in [0, 0.1) is 18.3 Å². The van der Waals surface area contributed by atoms with E-state index in [2.05, 4.69) is 4.72 Å². The fraction of sp³-hybridized carbons (Fsp3) is 0.615. The topological polar surface area (TPSA) is 83.5 Å². The molecule has 1 heterocycles. The number of carboxylic acids is 1. The quantitative estimate of drug-likeness (QED) is 0.874. The molecule has 1 aromatic heterocycles. The number of thiophene rings is 1. The van der Waals surface area contributed by atoms with Gasteiger partial charge in [-0.15, -0.1) is 11.3 Å². The van der Waals surface area contributed by atoms with Gasteiger partial charge >= 0.3 is 5.97 Å². The van der Waals surface area contributed by atoms with Gasteiger partial charge in [0, 0.05) is 6.54 Å². The van der Waals surface area contributed by atoms with Gasteiger partial charge in [-0.2, -0.15) is 0 Å². The molecule has 5 nitrogen and oxygen atoms in total. The van der Waals surface area contributed by atoms with Crippen LogP contribution in [0.2, 0.25) is 0 Å². The van der Waals surface area contributed by atoms with Gasteiger partial charge in [-0.3, -0.25) is 0 Å². The van der Waals surface area contributed by atoms with Crippen molar-refractivity contribution in [3.8, 4) is 0 Å². The number of aryl methyl sites for hydroxylation is 1. The fourth-order valence-electron chi connectivity index (χ4n) is 1.41. The van der Waals surface area contributed by atoms with Crippen molar-refractivity contribution in [2.75, 3.05) is 6.54 Å². The molecule has 0 amide bonds. The summed E-state index contributed by atoms with van der Waals surface area (Å²) in [5, 5.41) is 8.96. The summed E-state index contributed by atoms with van der Waals surface area (Å²) in [7, 11) is -3.65. The van der Waals surface area contributed by atoms with Crippen LogP contribution in [-0.2, 0) is 10.0 Å². The van der Waals surface area contributed by atoms with Crippen LogP contribution in [-0.4, -0.2) is 26.0 Å². The highest BCUT2D eigenvalue weighted by Crippen LogP contribution is 2.27. The maximum absolute atomic E-state index is 12.2. The zero-order valence-electron chi connectivity index (χ0n) is 12.4. The number of hydrogen-bond acceptors (Lipinski definition) is 4. The van der Waals surface area contributed by atoms with Crippen molar-refractivity contribution in [3.63, 3.8) is 0 Å². The lowest BCUT2D eigenvalue weighted by Crippen LogP contribution is -2.33. The van der Waals surface area contributed by atoms with E-state index in [1.807, 2.05) is 27.7 Å². The van der Waals surface area contributed by atoms with Gasteiger partial charge in [0.05, 0.1) is 0 Å². The van der Waals surface area contributed by atoms with Crippen LogP contribution >= 0.6 is 11.3 Å². The standard InChI is InChI=1S/C13H21NO4S2/c1-8-6-10(19-11(8)12(15)16)20(17,18)14-7-9(2)13(3,4)5/h6,9,14H,7H2,1-5H3,(H,15,16). The van der Waals surface area contributed by atoms with Crippen molar-refractivity contribution in [2.45, 2.75) is 38.8 Å². The molecule has 1 aromatic rings. The largest absolute Gasteiger partial charge is 0.477 e. The lowest BCUT2D eigenvalue weighted by atomic mass is 9.82. The van der Waals surface area contributed by atoms with Crippen molar-refractivity contribution in [3.05, 3.63) is 16.5 Å². The predicted octanol–water partition coefficient (Wildman–Crippen LogP) is 2.72. The molecule has 0 aliphatic carbocycles. The maximum atomic E-state index is 12.2. The summed E-state index contributed by atoms with van der Waals surface area (Å²) in [6.07, 6.45) is 0. The molecule has 0 aliphatic heterocycles. The SMILES string of the molecule is Cc1cc(S(=O)(=O)NCC(C)C(C)(C)C)sc1C(=O)O. The highest BCUT2D eigenvalue weighted by molar-refractivity contribution is 7.91. The van der Waals surface area contributed by atoms with Crippen LogP contribution in [0.4, 0.5) is 0 Å². The lowest BCUT2D eigenvalue weighted by Gasteiger charge is -2.27. The Morgan fingerprint density at radius 1 is 1.45 bits per heavy atom. The van der Waals surface area contributed by atoms with Crippen LogP contribution in [0.3, 0.4) is 0 Å². The van der Waals surface area contributed by atoms with Crippen LogP contribution < -0.4 is 4.72 Å². The second kappa shape index (κ2) is 5.83. The second-order valence-corrected chi connectivity index (χ2v) is 9.05. The number of aromatic carboxylic acids is 1. The maximum Gasteiger partial charge on any atom is 0.346 e. The van der Waals surface area contributed by atoms with Gasteiger partial charge in [0.25, 0.3) is 0 Å². The number of rotatable bonds is 5. The number of sulfonamides is 1. The minimum Gasteiger partial charge on any atom is -0.477 e. The van der Waals surface area contributed by atoms with E-state index < -0.39 is 16.0 Å². The second-order valence-electron chi connectivity index (χ2n) is 6.00. The monoisotopic (exact) mass is 319 g/mol. The highest BCUT2D eigenvalue weighted by Gasteiger charge is 2.25. The molecule has 0 aliphatic rings. The highest BCUT2D eigenvalue weighted by atomic mass is 32.2. The molecule has 0 saturated carbocycles. The van der Waals surface area contributed by atoms with Crippen molar-refractivity contribution in [1.82, 2.24) is 4.72 Å². The van der Waals surface area contributed by atoms with Crippen LogP contribution in [0.1, 0.15) is 42.9 Å². The molecule has 0 bridgehead atoms. The van der Waals surface area contributed by atoms with Crippen molar-refractivity contribution < 1.29 is 18.3 Å². The third kappa shape index (κ3) is 4.04. The molecule has 1 rings (SSSR count). The minimum atomic E-state index is -3.65. The molecule has 1 unspecified atom stereocenters. The number of nitrogens with one attached hydrogen (secondary N) is 1. The summed E-state index contributed by atoms with van der Waals surface area (Å²) in [4.78, 5) is 11.0. The first-order chi connectivity index (χ1) is 8.95. The summed E-state index contributed by atoms with van der Waals surface area (Å²) < 4.78 is 26.9. The Bertz CT molecular complexity index is 596. The summed E-state index contributed by atoms with van der Waals surface area (Å²) in [6, 6.07) is 1.40. The molecular formula is C13H21NO4S2. The van der Waals surface area contributed by atoms with E-state index in [0.717, 1.165) is 11.3 Å². The molecule has 0 aromatic carbocycles. The Labute approximate surface area is 124 Å². The Hall–Kier alpha value is -0.920. The number of carboxylic acid groups (broad SMARTS) is 1. The predicted molar refractivity (Wildman–Crippen MR) is 79.8 cm³/mol. The fourth-order valence-corrected chi connectivity index (χ4v) is 3.96. The molecule has 0 saturated heterocycles. The van der Waals surface area contributed by atoms with E-state index in [0.29, 0.717) is 12.1 Å². The Morgan fingerprint density at radius 2 is 2.00 bits per heavy atom. The molecule has 0 fully saturated rings. The zero-order chi connectivity index (χ0) is 15.7. The van der Waals surface area contributed by atoms with E-state index in [1.165, 1.54) is 6.07 Å². The third-order valence-corrected chi connectivity index (χ3v) is 6.53. The molecule has 0 radical (unpaired) electrons. The molecule has 0 spiro atoms. The molecule has 1 atom stereocenters. The molecule has 2 N–H and O–H groups in total. The Kier molecular flexibility index (Phi) is 4.99. The van der Waals surface area contributed by atoms with Gasteiger partial charge in [0.15, 0.2) is 0 Å². The molecule has 114 valence electrons. The minimum absolute atomic E-state index is 0.000110. The van der Waals surface area contributed by atoms with Gasteiger partial charge in [-0.1, -0.05) is 27.7 Å². The Balaban J connectivity index is 2.90. The summed E-state index contributed by atoms with van der Waals surface area (Å²) in [5.74, 6) is -0.936. The van der Waals surface area contributed by atoms with Crippen molar-refractivity contribution >= 4 is 27.3 Å². The first-order valence-corrected chi connectivity index (χ1v) is 8.58. The molecule has 20 heavy (non-hydrogen) atoms. The van der Waals surface area contributed by atoms with Crippen LogP contribution in [0.25, 0.3) is 0 Å². The number of hydrogen-bond donors (Lipinski definition) is 2. The van der Waals surface area contributed by atoms with Gasteiger partial charge in [-0.05, 0) is 29.9 Å². The van der Waals surface area contributed by atoms with Gasteiger partial charge < -0.3 is 5.11 Å². The average Bonchev–Trinajstić information content (AvgIpc) is 2.67.